The van der Waals surface area contributed by atoms with Crippen LogP contribution in [0.25, 0.3) is 0 Å². The molecule has 48 heavy (non-hydrogen) atoms. The second-order valence-electron chi connectivity index (χ2n) is 16.0. The summed E-state index contributed by atoms with van der Waals surface area (Å²) in [4.78, 5) is 24.5. The fraction of sp³-hybridized carbons (Fsp3) is 0.810. The van der Waals surface area contributed by atoms with Crippen LogP contribution in [0.3, 0.4) is 0 Å². The molecule has 0 fully saturated rings. The highest BCUT2D eigenvalue weighted by molar-refractivity contribution is 5.74. The number of aliphatic hydroxyl groups is 1. The minimum atomic E-state index is -0.623. The minimum absolute atomic E-state index is 0.0600. The van der Waals surface area contributed by atoms with Gasteiger partial charge in [0.2, 0.25) is 0 Å². The number of hydrogen-bond donors (Lipinski definition) is 1. The number of fused-ring (bicyclic) bond motifs is 1. The van der Waals surface area contributed by atoms with E-state index < -0.39 is 6.10 Å². The van der Waals surface area contributed by atoms with E-state index in [0.717, 1.165) is 98.0 Å². The van der Waals surface area contributed by atoms with Crippen LogP contribution in [0.4, 0.5) is 0 Å². The number of rotatable bonds is 24. The van der Waals surface area contributed by atoms with Gasteiger partial charge in [-0.05, 0) is 108 Å². The Morgan fingerprint density at radius 3 is 1.85 bits per heavy atom. The van der Waals surface area contributed by atoms with E-state index in [0.29, 0.717) is 18.6 Å². The van der Waals surface area contributed by atoms with Crippen LogP contribution >= 0.6 is 0 Å². The molecule has 0 saturated heterocycles. The molecular formula is C42H72O6. The number of ether oxygens (including phenoxy) is 3. The first-order valence-corrected chi connectivity index (χ1v) is 19.6. The molecule has 4 unspecified atom stereocenters. The molecule has 0 saturated carbocycles. The summed E-state index contributed by atoms with van der Waals surface area (Å²) in [6.45, 7) is 19.7. The van der Waals surface area contributed by atoms with E-state index in [4.69, 9.17) is 14.2 Å². The van der Waals surface area contributed by atoms with Gasteiger partial charge in [0.1, 0.15) is 23.7 Å². The Morgan fingerprint density at radius 1 is 0.729 bits per heavy atom. The monoisotopic (exact) mass is 673 g/mol. The molecule has 2 rings (SSSR count). The van der Waals surface area contributed by atoms with Crippen LogP contribution in [0.1, 0.15) is 179 Å². The average molecular weight is 673 g/mol. The van der Waals surface area contributed by atoms with Gasteiger partial charge in [-0.15, -0.1) is 0 Å². The van der Waals surface area contributed by atoms with Crippen molar-refractivity contribution in [2.75, 3.05) is 6.61 Å². The van der Waals surface area contributed by atoms with Crippen LogP contribution in [0, 0.1) is 38.5 Å². The Morgan fingerprint density at radius 2 is 1.27 bits per heavy atom. The summed E-state index contributed by atoms with van der Waals surface area (Å²) in [6, 6.07) is 0. The first-order valence-electron chi connectivity index (χ1n) is 19.6. The summed E-state index contributed by atoms with van der Waals surface area (Å²) in [6.07, 6.45) is 19.4. The Kier molecular flexibility index (Phi) is 19.2. The molecular weight excluding hydrogens is 600 g/mol. The highest BCUT2D eigenvalue weighted by atomic mass is 16.5. The van der Waals surface area contributed by atoms with Crippen molar-refractivity contribution in [1.82, 2.24) is 0 Å². The normalized spacial score (nSPS) is 17.8. The number of benzene rings is 1. The van der Waals surface area contributed by atoms with Crippen molar-refractivity contribution in [3.05, 3.63) is 22.3 Å². The summed E-state index contributed by atoms with van der Waals surface area (Å²) in [5.41, 5.74) is 4.19. The van der Waals surface area contributed by atoms with Crippen molar-refractivity contribution in [3.8, 4) is 11.5 Å². The third-order valence-corrected chi connectivity index (χ3v) is 10.6. The first-order chi connectivity index (χ1) is 22.7. The maximum atomic E-state index is 12.8. The van der Waals surface area contributed by atoms with Gasteiger partial charge in [-0.3, -0.25) is 9.59 Å². The van der Waals surface area contributed by atoms with Gasteiger partial charge in [0, 0.05) is 18.4 Å². The molecule has 0 bridgehead atoms. The Balaban J connectivity index is 1.74. The largest absolute Gasteiger partial charge is 0.487 e. The SMILES string of the molecule is Cc1c(C)c2c(c(C)c1OC(=O)CCCCCCCCC(=O)OCC(C)O)CCC(C)(CCCC(C)CCCC(C)CCCC(C)C)O2. The lowest BCUT2D eigenvalue weighted by Gasteiger charge is -2.38. The van der Waals surface area contributed by atoms with E-state index in [1.54, 1.807) is 6.92 Å². The maximum absolute atomic E-state index is 12.8. The van der Waals surface area contributed by atoms with Gasteiger partial charge < -0.3 is 19.3 Å². The molecule has 6 nitrogen and oxygen atoms in total. The zero-order chi connectivity index (χ0) is 35.7. The molecule has 6 heteroatoms. The summed E-state index contributed by atoms with van der Waals surface area (Å²) in [5.74, 6) is 3.75. The maximum Gasteiger partial charge on any atom is 0.311 e. The Bertz CT molecular complexity index is 1110. The predicted octanol–water partition coefficient (Wildman–Crippen LogP) is 11.1. The van der Waals surface area contributed by atoms with Gasteiger partial charge in [0.15, 0.2) is 0 Å². The van der Waals surface area contributed by atoms with E-state index in [9.17, 15) is 14.7 Å². The van der Waals surface area contributed by atoms with Crippen molar-refractivity contribution in [2.24, 2.45) is 17.8 Å². The van der Waals surface area contributed by atoms with E-state index in [1.165, 1.54) is 56.9 Å². The molecule has 1 heterocycles. The third-order valence-electron chi connectivity index (χ3n) is 10.6. The fourth-order valence-electron chi connectivity index (χ4n) is 7.11. The van der Waals surface area contributed by atoms with Gasteiger partial charge >= 0.3 is 11.9 Å². The van der Waals surface area contributed by atoms with Crippen molar-refractivity contribution in [2.45, 2.75) is 196 Å². The highest BCUT2D eigenvalue weighted by Gasteiger charge is 2.34. The lowest BCUT2D eigenvalue weighted by atomic mass is 9.83. The number of aliphatic hydroxyl groups excluding tert-OH is 1. The summed E-state index contributed by atoms with van der Waals surface area (Å²) < 4.78 is 17.8. The molecule has 0 radical (unpaired) electrons. The van der Waals surface area contributed by atoms with Crippen molar-refractivity contribution >= 4 is 11.9 Å². The highest BCUT2D eigenvalue weighted by Crippen LogP contribution is 2.45. The summed E-state index contributed by atoms with van der Waals surface area (Å²) in [5, 5.41) is 9.19. The van der Waals surface area contributed by atoms with E-state index >= 15 is 0 Å². The lowest BCUT2D eigenvalue weighted by molar-refractivity contribution is -0.146. The van der Waals surface area contributed by atoms with Gasteiger partial charge in [-0.25, -0.2) is 0 Å². The van der Waals surface area contributed by atoms with Crippen LogP contribution in [0.5, 0.6) is 11.5 Å². The van der Waals surface area contributed by atoms with E-state index in [2.05, 4.69) is 48.5 Å². The van der Waals surface area contributed by atoms with Crippen LogP contribution in [-0.2, 0) is 20.7 Å². The molecule has 276 valence electrons. The molecule has 0 amide bonds. The zero-order valence-electron chi connectivity index (χ0n) is 32.4. The van der Waals surface area contributed by atoms with Gasteiger partial charge in [-0.1, -0.05) is 98.3 Å². The Hall–Kier alpha value is -2.08. The number of carbonyl (C=O) groups is 2. The molecule has 1 N–H and O–H groups in total. The standard InChI is InChI=1S/C42H72O6/c1-30(2)19-16-20-31(3)21-17-22-32(4)23-18-27-42(9)28-26-37-36(8)40(34(6)35(7)41(37)48-42)47-39(45)25-15-13-11-10-12-14-24-38(44)46-29-33(5)43/h30-33,43H,10-29H2,1-9H3. The number of esters is 2. The summed E-state index contributed by atoms with van der Waals surface area (Å²) in [7, 11) is 0. The molecule has 0 aliphatic carbocycles. The second-order valence-corrected chi connectivity index (χ2v) is 16.0. The van der Waals surface area contributed by atoms with Crippen LogP contribution in [0.2, 0.25) is 0 Å². The lowest BCUT2D eigenvalue weighted by Crippen LogP contribution is -2.37. The number of unbranched alkanes of at least 4 members (excludes halogenated alkanes) is 5. The predicted molar refractivity (Wildman–Crippen MR) is 198 cm³/mol. The molecule has 4 atom stereocenters. The molecule has 1 aliphatic rings. The second kappa shape index (κ2) is 21.9. The van der Waals surface area contributed by atoms with Crippen molar-refractivity contribution < 1.29 is 28.9 Å². The van der Waals surface area contributed by atoms with E-state index in [1.807, 2.05) is 6.92 Å². The zero-order valence-corrected chi connectivity index (χ0v) is 32.4. The molecule has 0 aromatic heterocycles. The quantitative estimate of drug-likeness (QED) is 0.0668. The fourth-order valence-corrected chi connectivity index (χ4v) is 7.11. The van der Waals surface area contributed by atoms with Gasteiger partial charge in [-0.2, -0.15) is 0 Å². The minimum Gasteiger partial charge on any atom is -0.487 e. The smallest absolute Gasteiger partial charge is 0.311 e. The van der Waals surface area contributed by atoms with Crippen molar-refractivity contribution in [1.29, 1.82) is 0 Å². The average Bonchev–Trinajstić information content (AvgIpc) is 3.02. The van der Waals surface area contributed by atoms with Crippen LogP contribution < -0.4 is 9.47 Å². The summed E-state index contributed by atoms with van der Waals surface area (Å²) >= 11 is 0. The third kappa shape index (κ3) is 15.6. The molecule has 1 aromatic carbocycles. The van der Waals surface area contributed by atoms with E-state index in [-0.39, 0.29) is 24.1 Å². The van der Waals surface area contributed by atoms with Gasteiger partial charge in [0.05, 0.1) is 6.10 Å². The van der Waals surface area contributed by atoms with Gasteiger partial charge in [0.25, 0.3) is 0 Å². The Labute approximate surface area is 294 Å². The van der Waals surface area contributed by atoms with Crippen molar-refractivity contribution in [3.63, 3.8) is 0 Å². The van der Waals surface area contributed by atoms with Crippen LogP contribution in [-0.4, -0.2) is 35.4 Å². The van der Waals surface area contributed by atoms with Crippen LogP contribution in [0.15, 0.2) is 0 Å². The molecule has 1 aliphatic heterocycles. The number of hydrogen-bond acceptors (Lipinski definition) is 6. The topological polar surface area (TPSA) is 82.1 Å². The molecule has 1 aromatic rings. The molecule has 0 spiro atoms. The first kappa shape index (κ1) is 42.1. The number of carbonyl (C=O) groups excluding carboxylic acids is 2.